The molecule has 5 rings (SSSR count). The van der Waals surface area contributed by atoms with E-state index in [1.165, 1.54) is 0 Å². The molecule has 6 atom stereocenters. The smallest absolute Gasteiger partial charge is 0.338 e. The number of fused-ring (bicyclic) bond motifs is 3. The van der Waals surface area contributed by atoms with Crippen molar-refractivity contribution in [2.45, 2.75) is 48.5 Å². The average Bonchev–Trinajstić information content (AvgIpc) is 3.00. The van der Waals surface area contributed by atoms with Crippen LogP contribution in [0.1, 0.15) is 35.7 Å². The lowest BCUT2D eigenvalue weighted by Crippen LogP contribution is -2.81. The first-order chi connectivity index (χ1) is 14.1. The van der Waals surface area contributed by atoms with Gasteiger partial charge in [-0.1, -0.05) is 62.4 Å². The van der Waals surface area contributed by atoms with E-state index in [1.807, 2.05) is 0 Å². The van der Waals surface area contributed by atoms with Gasteiger partial charge in [0.05, 0.1) is 16.9 Å². The van der Waals surface area contributed by atoms with Crippen molar-refractivity contribution in [1.29, 1.82) is 0 Å². The Labute approximate surface area is 173 Å². The largest absolute Gasteiger partial charge is 0.459 e. The van der Waals surface area contributed by atoms with Crippen LogP contribution in [0.5, 0.6) is 0 Å². The SMILES string of the molecule is CC1(C)[C@]2(O)[C@@]1(O)O[C@@H]1[C@](O)(COC(=O)c3ccccc3)C(c3ccccc3)[C@]12O. The van der Waals surface area contributed by atoms with E-state index >= 15 is 0 Å². The second kappa shape index (κ2) is 5.69. The molecule has 1 unspecified atom stereocenters. The highest BCUT2D eigenvalue weighted by atomic mass is 16.7. The molecule has 2 saturated carbocycles. The fourth-order valence-electron chi connectivity index (χ4n) is 5.71. The van der Waals surface area contributed by atoms with Crippen molar-refractivity contribution in [2.24, 2.45) is 5.41 Å². The molecule has 2 aromatic rings. The molecule has 0 amide bonds. The van der Waals surface area contributed by atoms with Gasteiger partial charge in [-0.05, 0) is 17.7 Å². The molecule has 0 aromatic heterocycles. The third kappa shape index (κ3) is 1.91. The zero-order chi connectivity index (χ0) is 21.6. The van der Waals surface area contributed by atoms with E-state index in [1.54, 1.807) is 74.5 Å². The van der Waals surface area contributed by atoms with E-state index in [-0.39, 0.29) is 0 Å². The van der Waals surface area contributed by atoms with Gasteiger partial charge in [0.1, 0.15) is 23.9 Å². The van der Waals surface area contributed by atoms with Crippen molar-refractivity contribution >= 4 is 5.97 Å². The molecule has 158 valence electrons. The summed E-state index contributed by atoms with van der Waals surface area (Å²) in [4.78, 5) is 12.4. The third-order valence-electron chi connectivity index (χ3n) is 7.42. The molecule has 7 nitrogen and oxygen atoms in total. The molecule has 3 fully saturated rings. The molecule has 1 saturated heterocycles. The molecule has 2 aliphatic carbocycles. The van der Waals surface area contributed by atoms with Crippen LogP contribution in [0.4, 0.5) is 0 Å². The molecule has 0 spiro atoms. The van der Waals surface area contributed by atoms with Crippen LogP contribution >= 0.6 is 0 Å². The molecular formula is C23H24O7. The number of esters is 1. The van der Waals surface area contributed by atoms with Gasteiger partial charge >= 0.3 is 5.97 Å². The van der Waals surface area contributed by atoms with Crippen LogP contribution < -0.4 is 0 Å². The standard InChI is InChI=1S/C23H24O7/c1-19(2)22(27)21(26)16(14-9-5-3-6-10-14)20(25,18(21)30-23(19,22)28)13-29-17(24)15-11-7-4-8-12-15/h3-12,16,18,25-28H,13H2,1-2H3/t16?,18-,20+,21+,22-,23+/m1/s1. The van der Waals surface area contributed by atoms with Gasteiger partial charge in [-0.2, -0.15) is 0 Å². The van der Waals surface area contributed by atoms with Crippen molar-refractivity contribution in [1.82, 2.24) is 0 Å². The van der Waals surface area contributed by atoms with Gasteiger partial charge in [0.25, 0.3) is 0 Å². The monoisotopic (exact) mass is 412 g/mol. The highest BCUT2D eigenvalue weighted by Crippen LogP contribution is 2.82. The number of benzene rings is 2. The summed E-state index contributed by atoms with van der Waals surface area (Å²) in [6.07, 6.45) is -1.33. The fourth-order valence-corrected chi connectivity index (χ4v) is 5.71. The molecule has 0 bridgehead atoms. The van der Waals surface area contributed by atoms with E-state index in [9.17, 15) is 25.2 Å². The molecule has 4 N–H and O–H groups in total. The van der Waals surface area contributed by atoms with Gasteiger partial charge in [-0.15, -0.1) is 0 Å². The Morgan fingerprint density at radius 1 is 0.967 bits per heavy atom. The Morgan fingerprint density at radius 2 is 1.53 bits per heavy atom. The second-order valence-corrected chi connectivity index (χ2v) is 9.08. The highest BCUT2D eigenvalue weighted by Gasteiger charge is 3.03. The number of ether oxygens (including phenoxy) is 2. The average molecular weight is 412 g/mol. The van der Waals surface area contributed by atoms with E-state index < -0.39 is 52.6 Å². The normalized spacial score (nSPS) is 42.6. The zero-order valence-corrected chi connectivity index (χ0v) is 16.6. The number of aliphatic hydroxyl groups is 4. The maximum atomic E-state index is 12.4. The number of hydrogen-bond donors (Lipinski definition) is 4. The minimum Gasteiger partial charge on any atom is -0.459 e. The molecule has 7 heteroatoms. The molecular weight excluding hydrogens is 388 g/mol. The Kier molecular flexibility index (Phi) is 3.73. The van der Waals surface area contributed by atoms with Crippen LogP contribution in [-0.4, -0.2) is 61.7 Å². The summed E-state index contributed by atoms with van der Waals surface area (Å²) in [5, 5.41) is 45.3. The van der Waals surface area contributed by atoms with Crippen molar-refractivity contribution in [3.8, 4) is 0 Å². The minimum atomic E-state index is -2.01. The van der Waals surface area contributed by atoms with E-state index in [2.05, 4.69) is 0 Å². The van der Waals surface area contributed by atoms with Crippen molar-refractivity contribution in [3.63, 3.8) is 0 Å². The zero-order valence-electron chi connectivity index (χ0n) is 16.6. The predicted molar refractivity (Wildman–Crippen MR) is 104 cm³/mol. The van der Waals surface area contributed by atoms with Crippen LogP contribution in [0.25, 0.3) is 0 Å². The summed E-state index contributed by atoms with van der Waals surface area (Å²) in [7, 11) is 0. The van der Waals surface area contributed by atoms with Crippen LogP contribution in [0.2, 0.25) is 0 Å². The maximum absolute atomic E-state index is 12.4. The summed E-state index contributed by atoms with van der Waals surface area (Å²) in [5.41, 5.74) is -6.05. The predicted octanol–water partition coefficient (Wildman–Crippen LogP) is 0.961. The molecule has 2 aromatic carbocycles. The Balaban J connectivity index is 1.50. The van der Waals surface area contributed by atoms with E-state index in [0.717, 1.165) is 0 Å². The summed E-state index contributed by atoms with van der Waals surface area (Å²) < 4.78 is 11.0. The molecule has 0 radical (unpaired) electrons. The Hall–Kier alpha value is -2.29. The third-order valence-corrected chi connectivity index (χ3v) is 7.42. The number of rotatable bonds is 4. The van der Waals surface area contributed by atoms with Crippen LogP contribution in [-0.2, 0) is 9.47 Å². The summed E-state index contributed by atoms with van der Waals surface area (Å²) in [6.45, 7) is 2.71. The lowest BCUT2D eigenvalue weighted by molar-refractivity contribution is -0.330. The number of carbonyl (C=O) groups excluding carboxylic acids is 1. The fraction of sp³-hybridized carbons (Fsp3) is 0.435. The first-order valence-electron chi connectivity index (χ1n) is 9.90. The number of carbonyl (C=O) groups is 1. The topological polar surface area (TPSA) is 116 Å². The van der Waals surface area contributed by atoms with Crippen molar-refractivity contribution < 1.29 is 34.7 Å². The maximum Gasteiger partial charge on any atom is 0.338 e. The van der Waals surface area contributed by atoms with Crippen LogP contribution in [0, 0.1) is 5.41 Å². The van der Waals surface area contributed by atoms with Gasteiger partial charge in [0.15, 0.2) is 5.60 Å². The lowest BCUT2D eigenvalue weighted by atomic mass is 9.50. The first-order valence-corrected chi connectivity index (χ1v) is 9.90. The van der Waals surface area contributed by atoms with Crippen molar-refractivity contribution in [2.75, 3.05) is 6.61 Å². The van der Waals surface area contributed by atoms with Gasteiger partial charge in [-0.25, -0.2) is 4.79 Å². The van der Waals surface area contributed by atoms with Gasteiger partial charge in [0.2, 0.25) is 5.79 Å². The van der Waals surface area contributed by atoms with E-state index in [4.69, 9.17) is 9.47 Å². The second-order valence-electron chi connectivity index (χ2n) is 9.08. The van der Waals surface area contributed by atoms with Crippen LogP contribution in [0.3, 0.4) is 0 Å². The van der Waals surface area contributed by atoms with Crippen molar-refractivity contribution in [3.05, 3.63) is 71.8 Å². The molecule has 1 aliphatic heterocycles. The Morgan fingerprint density at radius 3 is 2.13 bits per heavy atom. The minimum absolute atomic E-state index is 0.320. The summed E-state index contributed by atoms with van der Waals surface area (Å²) >= 11 is 0. The summed E-state index contributed by atoms with van der Waals surface area (Å²) in [5.74, 6) is -3.69. The van der Waals surface area contributed by atoms with Gasteiger partial charge in [-0.3, -0.25) is 0 Å². The van der Waals surface area contributed by atoms with Crippen LogP contribution in [0.15, 0.2) is 60.7 Å². The number of hydrogen-bond acceptors (Lipinski definition) is 7. The Bertz CT molecular complexity index is 1010. The molecule has 3 aliphatic rings. The lowest BCUT2D eigenvalue weighted by Gasteiger charge is -2.62. The first kappa shape index (κ1) is 19.7. The molecule has 30 heavy (non-hydrogen) atoms. The van der Waals surface area contributed by atoms with Gasteiger partial charge in [0, 0.05) is 0 Å². The highest BCUT2D eigenvalue weighted by molar-refractivity contribution is 5.89. The van der Waals surface area contributed by atoms with Gasteiger partial charge < -0.3 is 29.9 Å². The quantitative estimate of drug-likeness (QED) is 0.553. The van der Waals surface area contributed by atoms with E-state index in [0.29, 0.717) is 11.1 Å². The summed E-state index contributed by atoms with van der Waals surface area (Å²) in [6, 6.07) is 17.0. The molecule has 1 heterocycles.